The van der Waals surface area contributed by atoms with Crippen molar-refractivity contribution in [2.45, 2.75) is 70.2 Å². The van der Waals surface area contributed by atoms with E-state index in [1.54, 1.807) is 11.1 Å². The Balaban J connectivity index is 1.42. The van der Waals surface area contributed by atoms with E-state index < -0.39 is 6.10 Å². The summed E-state index contributed by atoms with van der Waals surface area (Å²) in [5, 5.41) is 10.5. The molecule has 1 saturated heterocycles. The Morgan fingerprint density at radius 3 is 2.81 bits per heavy atom. The molecule has 1 aliphatic heterocycles. The van der Waals surface area contributed by atoms with Crippen LogP contribution in [0.4, 0.5) is 0 Å². The van der Waals surface area contributed by atoms with Gasteiger partial charge in [0.05, 0.1) is 17.8 Å². The third kappa shape index (κ3) is 4.91. The maximum absolute atomic E-state index is 13.1. The van der Waals surface area contributed by atoms with Gasteiger partial charge < -0.3 is 19.5 Å². The predicted octanol–water partition coefficient (Wildman–Crippen LogP) is 4.06. The van der Waals surface area contributed by atoms with Crippen LogP contribution in [-0.2, 0) is 4.74 Å². The summed E-state index contributed by atoms with van der Waals surface area (Å²) in [5.74, 6) is 0.989. The van der Waals surface area contributed by atoms with E-state index >= 15 is 0 Å². The molecule has 1 spiro atoms. The van der Waals surface area contributed by atoms with Gasteiger partial charge in [0.2, 0.25) is 0 Å². The molecule has 1 aromatic heterocycles. The fourth-order valence-corrected chi connectivity index (χ4v) is 4.85. The number of benzene rings is 1. The summed E-state index contributed by atoms with van der Waals surface area (Å²) in [6, 6.07) is 9.57. The number of hydrogen-bond donors (Lipinski definition) is 1. The molecule has 2 fully saturated rings. The molecule has 1 aliphatic carbocycles. The summed E-state index contributed by atoms with van der Waals surface area (Å²) >= 11 is 0. The van der Waals surface area contributed by atoms with E-state index in [1.807, 2.05) is 51.2 Å². The fourth-order valence-electron chi connectivity index (χ4n) is 4.85. The number of hydrogen-bond acceptors (Lipinski definition) is 5. The van der Waals surface area contributed by atoms with Crippen LogP contribution in [-0.4, -0.2) is 52.0 Å². The highest BCUT2D eigenvalue weighted by Gasteiger charge is 2.44. The summed E-state index contributed by atoms with van der Waals surface area (Å²) in [5.41, 5.74) is 2.34. The van der Waals surface area contributed by atoms with Crippen LogP contribution in [0.1, 0.15) is 66.9 Å². The lowest BCUT2D eigenvalue weighted by atomic mass is 9.72. The van der Waals surface area contributed by atoms with Crippen molar-refractivity contribution >= 4 is 5.91 Å². The summed E-state index contributed by atoms with van der Waals surface area (Å²) in [6.07, 6.45) is 6.24. The minimum atomic E-state index is -0.405. The molecule has 3 unspecified atom stereocenters. The molecule has 1 N–H and O–H groups in total. The van der Waals surface area contributed by atoms with Crippen LogP contribution in [0, 0.1) is 6.92 Å². The molecule has 0 bridgehead atoms. The molecule has 166 valence electrons. The molecule has 0 radical (unpaired) electrons. The Kier molecular flexibility index (Phi) is 6.30. The number of carbonyl (C=O) groups is 1. The number of aliphatic hydroxyl groups is 1. The second-order valence-electron chi connectivity index (χ2n) is 9.20. The lowest BCUT2D eigenvalue weighted by Crippen LogP contribution is -2.52. The number of pyridine rings is 1. The normalized spacial score (nSPS) is 26.3. The Morgan fingerprint density at radius 2 is 2.16 bits per heavy atom. The molecule has 2 heterocycles. The maximum atomic E-state index is 13.1. The van der Waals surface area contributed by atoms with Crippen LogP contribution in [0.25, 0.3) is 0 Å². The average Bonchev–Trinajstić information content (AvgIpc) is 2.75. The topological polar surface area (TPSA) is 71.9 Å². The Labute approximate surface area is 184 Å². The summed E-state index contributed by atoms with van der Waals surface area (Å²) < 4.78 is 12.1. The van der Waals surface area contributed by atoms with E-state index in [9.17, 15) is 9.90 Å². The van der Waals surface area contributed by atoms with Crippen molar-refractivity contribution in [3.05, 3.63) is 59.4 Å². The molecule has 2 aromatic rings. The van der Waals surface area contributed by atoms with E-state index in [-0.39, 0.29) is 30.3 Å². The number of nitrogens with zero attached hydrogens (tertiary/aromatic N) is 2. The first-order chi connectivity index (χ1) is 14.8. The van der Waals surface area contributed by atoms with Crippen LogP contribution < -0.4 is 4.74 Å². The molecular weight excluding hydrogens is 392 g/mol. The van der Waals surface area contributed by atoms with Crippen molar-refractivity contribution in [2.75, 3.05) is 13.3 Å². The Hall–Kier alpha value is -2.44. The van der Waals surface area contributed by atoms with Crippen molar-refractivity contribution < 1.29 is 19.4 Å². The summed E-state index contributed by atoms with van der Waals surface area (Å²) in [7, 11) is 0. The molecule has 1 aromatic carbocycles. The van der Waals surface area contributed by atoms with Gasteiger partial charge >= 0.3 is 0 Å². The predicted molar refractivity (Wildman–Crippen MR) is 118 cm³/mol. The van der Waals surface area contributed by atoms with Gasteiger partial charge in [-0.2, -0.15) is 0 Å². The lowest BCUT2D eigenvalue weighted by Gasteiger charge is -2.47. The van der Waals surface area contributed by atoms with Crippen LogP contribution in [0.3, 0.4) is 0 Å². The molecule has 3 atom stereocenters. The SMILES string of the molecule is Cc1cc(C(=O)N2CCC3(CC(O)CC(c4cccnc4)C3)OC2)ccc1OC(C)C. The third-order valence-electron chi connectivity index (χ3n) is 6.37. The highest BCUT2D eigenvalue weighted by Crippen LogP contribution is 2.44. The number of aromatic nitrogens is 1. The molecule has 6 nitrogen and oxygen atoms in total. The minimum Gasteiger partial charge on any atom is -0.491 e. The number of carbonyl (C=O) groups excluding carboxylic acids is 1. The van der Waals surface area contributed by atoms with Crippen molar-refractivity contribution in [2.24, 2.45) is 0 Å². The molecule has 31 heavy (non-hydrogen) atoms. The number of rotatable bonds is 4. The van der Waals surface area contributed by atoms with Crippen molar-refractivity contribution in [1.29, 1.82) is 0 Å². The van der Waals surface area contributed by atoms with Crippen LogP contribution in [0.5, 0.6) is 5.75 Å². The van der Waals surface area contributed by atoms with E-state index in [4.69, 9.17) is 9.47 Å². The first-order valence-corrected chi connectivity index (χ1v) is 11.1. The van der Waals surface area contributed by atoms with E-state index in [0.29, 0.717) is 18.5 Å². The Morgan fingerprint density at radius 1 is 1.32 bits per heavy atom. The zero-order valence-electron chi connectivity index (χ0n) is 18.6. The second-order valence-corrected chi connectivity index (χ2v) is 9.20. The van der Waals surface area contributed by atoms with Crippen LogP contribution in [0.15, 0.2) is 42.7 Å². The largest absolute Gasteiger partial charge is 0.491 e. The quantitative estimate of drug-likeness (QED) is 0.801. The molecule has 1 amide bonds. The molecule has 4 rings (SSSR count). The van der Waals surface area contributed by atoms with Gasteiger partial charge in [0, 0.05) is 30.9 Å². The maximum Gasteiger partial charge on any atom is 0.255 e. The van der Waals surface area contributed by atoms with Crippen molar-refractivity contribution in [3.63, 3.8) is 0 Å². The number of ether oxygens (including phenoxy) is 2. The number of aliphatic hydroxyl groups excluding tert-OH is 1. The van der Waals surface area contributed by atoms with Gasteiger partial charge in [0.25, 0.3) is 5.91 Å². The highest BCUT2D eigenvalue weighted by atomic mass is 16.5. The van der Waals surface area contributed by atoms with Gasteiger partial charge in [0.1, 0.15) is 12.5 Å². The lowest BCUT2D eigenvalue weighted by molar-refractivity contribution is -0.161. The number of amides is 1. The van der Waals surface area contributed by atoms with Gasteiger partial charge in [-0.1, -0.05) is 6.07 Å². The smallest absolute Gasteiger partial charge is 0.255 e. The molecule has 2 aliphatic rings. The highest BCUT2D eigenvalue weighted by molar-refractivity contribution is 5.94. The third-order valence-corrected chi connectivity index (χ3v) is 6.37. The zero-order chi connectivity index (χ0) is 22.0. The van der Waals surface area contributed by atoms with Crippen molar-refractivity contribution in [3.8, 4) is 5.75 Å². The van der Waals surface area contributed by atoms with E-state index in [1.165, 1.54) is 0 Å². The first-order valence-electron chi connectivity index (χ1n) is 11.1. The summed E-state index contributed by atoms with van der Waals surface area (Å²) in [6.45, 7) is 6.79. The Bertz CT molecular complexity index is 907. The van der Waals surface area contributed by atoms with Gasteiger partial charge in [0.15, 0.2) is 0 Å². The monoisotopic (exact) mass is 424 g/mol. The number of aryl methyl sites for hydroxylation is 1. The second kappa shape index (κ2) is 8.97. The molecule has 6 heteroatoms. The zero-order valence-corrected chi connectivity index (χ0v) is 18.6. The first kappa shape index (κ1) is 21.8. The van der Waals surface area contributed by atoms with Crippen LogP contribution in [0.2, 0.25) is 0 Å². The standard InChI is InChI=1S/C25H32N2O4/c1-17(2)31-23-7-6-19(11-18(23)3)24(29)27-10-8-25(30-16-27)13-21(12-22(28)14-25)20-5-4-9-26-15-20/h4-7,9,11,15,17,21-22,28H,8,10,12-14,16H2,1-3H3. The summed E-state index contributed by atoms with van der Waals surface area (Å²) in [4.78, 5) is 19.0. The van der Waals surface area contributed by atoms with Crippen LogP contribution >= 0.6 is 0 Å². The minimum absolute atomic E-state index is 0.0331. The van der Waals surface area contributed by atoms with Crippen molar-refractivity contribution in [1.82, 2.24) is 9.88 Å². The van der Waals surface area contributed by atoms with E-state index in [0.717, 1.165) is 36.1 Å². The van der Waals surface area contributed by atoms with Gasteiger partial charge in [-0.05, 0) is 81.3 Å². The molecule has 1 saturated carbocycles. The van der Waals surface area contributed by atoms with Gasteiger partial charge in [-0.3, -0.25) is 9.78 Å². The van der Waals surface area contributed by atoms with Gasteiger partial charge in [-0.15, -0.1) is 0 Å². The van der Waals surface area contributed by atoms with Gasteiger partial charge in [-0.25, -0.2) is 0 Å². The fraction of sp³-hybridized carbons (Fsp3) is 0.520. The van der Waals surface area contributed by atoms with E-state index in [2.05, 4.69) is 11.1 Å². The average molecular weight is 425 g/mol. The molecular formula is C25H32N2O4.